The molecular weight excluding hydrogens is 587 g/mol. The maximum atomic E-state index is 15.8. The summed E-state index contributed by atoms with van der Waals surface area (Å²) in [6, 6.07) is 8.10. The van der Waals surface area contributed by atoms with Gasteiger partial charge in [0.2, 0.25) is 5.91 Å². The predicted octanol–water partition coefficient (Wildman–Crippen LogP) is 5.62. The van der Waals surface area contributed by atoms with Crippen LogP contribution in [0.15, 0.2) is 64.4 Å². The van der Waals surface area contributed by atoms with Crippen LogP contribution in [0.2, 0.25) is 10.0 Å². The highest BCUT2D eigenvalue weighted by Crippen LogP contribution is 2.37. The first-order valence-electron chi connectivity index (χ1n) is 11.9. The SMILES string of the molecule is O=C1Cc2cc(-c3cc(F)c4c(=O)n(-c5cncc(Cl)c5)c(=O)n(Cc5cc(F)c(F)c(F)c5)c4c3)c(Cl)cc2N1. The minimum absolute atomic E-state index is 0.0698. The lowest BCUT2D eigenvalue weighted by Crippen LogP contribution is -2.39. The van der Waals surface area contributed by atoms with Crippen molar-refractivity contribution < 1.29 is 22.4 Å². The number of fused-ring (bicyclic) bond motifs is 2. The van der Waals surface area contributed by atoms with Gasteiger partial charge in [-0.25, -0.2) is 26.9 Å². The van der Waals surface area contributed by atoms with E-state index in [0.29, 0.717) is 33.5 Å². The van der Waals surface area contributed by atoms with E-state index in [0.717, 1.165) is 16.8 Å². The number of halogens is 6. The molecule has 1 aliphatic heterocycles. The number of hydrogen-bond donors (Lipinski definition) is 1. The van der Waals surface area contributed by atoms with Gasteiger partial charge in [0.05, 0.1) is 40.4 Å². The molecule has 0 saturated carbocycles. The highest BCUT2D eigenvalue weighted by Gasteiger charge is 2.24. The molecule has 1 amide bonds. The number of amides is 1. The van der Waals surface area contributed by atoms with Gasteiger partial charge in [0.15, 0.2) is 17.5 Å². The molecule has 0 fully saturated rings. The van der Waals surface area contributed by atoms with Crippen LogP contribution in [0.1, 0.15) is 11.1 Å². The average Bonchev–Trinajstić information content (AvgIpc) is 3.27. The molecule has 2 aromatic heterocycles. The van der Waals surface area contributed by atoms with E-state index in [9.17, 15) is 27.6 Å². The Morgan fingerprint density at radius 3 is 2.32 bits per heavy atom. The number of benzene rings is 3. The van der Waals surface area contributed by atoms with E-state index in [1.807, 2.05) is 0 Å². The second-order valence-corrected chi connectivity index (χ2v) is 10.2. The predicted molar refractivity (Wildman–Crippen MR) is 145 cm³/mol. The van der Waals surface area contributed by atoms with Gasteiger partial charge in [-0.15, -0.1) is 0 Å². The largest absolute Gasteiger partial charge is 0.336 e. The Balaban J connectivity index is 1.66. The van der Waals surface area contributed by atoms with Crippen molar-refractivity contribution in [2.45, 2.75) is 13.0 Å². The van der Waals surface area contributed by atoms with Crippen molar-refractivity contribution in [3.63, 3.8) is 0 Å². The summed E-state index contributed by atoms with van der Waals surface area (Å²) < 4.78 is 59.1. The van der Waals surface area contributed by atoms with Gasteiger partial charge in [-0.2, -0.15) is 0 Å². The van der Waals surface area contributed by atoms with E-state index in [-0.39, 0.29) is 44.7 Å². The van der Waals surface area contributed by atoms with Crippen LogP contribution >= 0.6 is 23.2 Å². The molecule has 41 heavy (non-hydrogen) atoms. The summed E-state index contributed by atoms with van der Waals surface area (Å²) in [6.45, 7) is -0.572. The maximum absolute atomic E-state index is 15.8. The smallest absolute Gasteiger partial charge is 0.325 e. The molecule has 0 spiro atoms. The van der Waals surface area contributed by atoms with Crippen molar-refractivity contribution in [3.8, 4) is 16.8 Å². The third-order valence-electron chi connectivity index (χ3n) is 6.66. The summed E-state index contributed by atoms with van der Waals surface area (Å²) in [5, 5.41) is 2.37. The number of carbonyl (C=O) groups is 1. The topological polar surface area (TPSA) is 86.0 Å². The number of rotatable bonds is 4. The molecule has 1 N–H and O–H groups in total. The average molecular weight is 601 g/mol. The molecule has 5 aromatic rings. The lowest BCUT2D eigenvalue weighted by molar-refractivity contribution is -0.115. The van der Waals surface area contributed by atoms with Crippen LogP contribution in [0.25, 0.3) is 27.7 Å². The molecule has 13 heteroatoms. The highest BCUT2D eigenvalue weighted by molar-refractivity contribution is 6.34. The molecule has 206 valence electrons. The fourth-order valence-electron chi connectivity index (χ4n) is 4.85. The van der Waals surface area contributed by atoms with Crippen molar-refractivity contribution in [2.24, 2.45) is 0 Å². The lowest BCUT2D eigenvalue weighted by atomic mass is 9.99. The van der Waals surface area contributed by atoms with Crippen LogP contribution in [0.4, 0.5) is 23.2 Å². The summed E-state index contributed by atoms with van der Waals surface area (Å²) in [4.78, 5) is 43.0. The zero-order valence-electron chi connectivity index (χ0n) is 20.4. The monoisotopic (exact) mass is 600 g/mol. The van der Waals surface area contributed by atoms with E-state index in [1.54, 1.807) is 6.07 Å². The first-order valence-corrected chi connectivity index (χ1v) is 12.6. The van der Waals surface area contributed by atoms with Crippen LogP contribution in [0.5, 0.6) is 0 Å². The van der Waals surface area contributed by atoms with Crippen LogP contribution < -0.4 is 16.6 Å². The van der Waals surface area contributed by atoms with Gasteiger partial charge in [0.1, 0.15) is 11.2 Å². The molecule has 0 unspecified atom stereocenters. The minimum Gasteiger partial charge on any atom is -0.325 e. The molecule has 0 atom stereocenters. The van der Waals surface area contributed by atoms with Gasteiger partial charge in [-0.1, -0.05) is 23.2 Å². The molecule has 6 rings (SSSR count). The first kappa shape index (κ1) is 26.7. The van der Waals surface area contributed by atoms with E-state index in [2.05, 4.69) is 10.3 Å². The van der Waals surface area contributed by atoms with Gasteiger partial charge < -0.3 is 5.32 Å². The fourth-order valence-corrected chi connectivity index (χ4v) is 5.29. The maximum Gasteiger partial charge on any atom is 0.336 e. The van der Waals surface area contributed by atoms with Crippen LogP contribution in [-0.4, -0.2) is 20.0 Å². The van der Waals surface area contributed by atoms with E-state index in [1.165, 1.54) is 24.4 Å². The Bertz CT molecular complexity index is 2050. The number of pyridine rings is 1. The lowest BCUT2D eigenvalue weighted by Gasteiger charge is -2.17. The Kier molecular flexibility index (Phi) is 6.43. The van der Waals surface area contributed by atoms with Gasteiger partial charge >= 0.3 is 5.69 Å². The molecule has 1 aliphatic rings. The Morgan fingerprint density at radius 2 is 1.61 bits per heavy atom. The summed E-state index contributed by atoms with van der Waals surface area (Å²) in [7, 11) is 0. The van der Waals surface area contributed by atoms with Crippen molar-refractivity contribution in [1.29, 1.82) is 0 Å². The van der Waals surface area contributed by atoms with Crippen molar-refractivity contribution in [2.75, 3.05) is 5.32 Å². The van der Waals surface area contributed by atoms with Gasteiger partial charge in [0.25, 0.3) is 5.56 Å². The van der Waals surface area contributed by atoms with E-state index in [4.69, 9.17) is 23.2 Å². The third kappa shape index (κ3) is 4.56. The molecule has 3 aromatic carbocycles. The molecule has 7 nitrogen and oxygen atoms in total. The summed E-state index contributed by atoms with van der Waals surface area (Å²) >= 11 is 12.5. The zero-order valence-corrected chi connectivity index (χ0v) is 22.0. The fraction of sp³-hybridized carbons (Fsp3) is 0.0714. The number of carbonyl (C=O) groups excluding carboxylic acids is 1. The van der Waals surface area contributed by atoms with Gasteiger partial charge in [0, 0.05) is 17.4 Å². The van der Waals surface area contributed by atoms with Crippen LogP contribution in [0.3, 0.4) is 0 Å². The molecule has 3 heterocycles. The van der Waals surface area contributed by atoms with Gasteiger partial charge in [-0.05, 0) is 59.2 Å². The molecule has 0 aliphatic carbocycles. The molecule has 0 saturated heterocycles. The second kappa shape index (κ2) is 9.86. The van der Waals surface area contributed by atoms with Crippen molar-refractivity contribution in [1.82, 2.24) is 14.1 Å². The summed E-state index contributed by atoms with van der Waals surface area (Å²) in [6.07, 6.45) is 2.49. The number of nitrogens with one attached hydrogen (secondary N) is 1. The quantitative estimate of drug-likeness (QED) is 0.214. The summed E-state index contributed by atoms with van der Waals surface area (Å²) in [5.41, 5.74) is -0.959. The van der Waals surface area contributed by atoms with Crippen LogP contribution in [-0.2, 0) is 17.8 Å². The second-order valence-electron chi connectivity index (χ2n) is 9.31. The third-order valence-corrected chi connectivity index (χ3v) is 7.18. The number of nitrogens with zero attached hydrogens (tertiary/aromatic N) is 3. The highest BCUT2D eigenvalue weighted by atomic mass is 35.5. The Hall–Kier alpha value is -4.48. The minimum atomic E-state index is -1.70. The van der Waals surface area contributed by atoms with Crippen molar-refractivity contribution in [3.05, 3.63) is 120 Å². The summed E-state index contributed by atoms with van der Waals surface area (Å²) in [5.74, 6) is -5.97. The first-order chi connectivity index (χ1) is 19.5. The molecule has 0 radical (unpaired) electrons. The standard InChI is InChI=1S/C28H14Cl2F4N4O3/c29-15-7-16(10-35-9-15)38-27(40)25-19(31)4-13(17-3-14-6-24(39)36-22(14)8-18(17)30)5-23(25)37(28(38)41)11-12-1-20(32)26(34)21(33)2-12/h1-5,7-10H,6,11H2,(H,36,39). The Labute approximate surface area is 237 Å². The number of anilines is 1. The van der Waals surface area contributed by atoms with Crippen LogP contribution in [0, 0.1) is 23.3 Å². The zero-order chi connectivity index (χ0) is 29.2. The number of aromatic nitrogens is 3. The number of hydrogen-bond acceptors (Lipinski definition) is 4. The van der Waals surface area contributed by atoms with E-state index >= 15 is 4.39 Å². The van der Waals surface area contributed by atoms with Gasteiger partial charge in [-0.3, -0.25) is 19.1 Å². The molecular formula is C28H14Cl2F4N4O3. The van der Waals surface area contributed by atoms with Crippen molar-refractivity contribution >= 4 is 45.7 Å². The van der Waals surface area contributed by atoms with E-state index < -0.39 is 46.4 Å². The normalized spacial score (nSPS) is 12.6. The molecule has 0 bridgehead atoms. The Morgan fingerprint density at radius 1 is 0.878 bits per heavy atom.